The molecule has 0 spiro atoms. The van der Waals surface area contributed by atoms with Gasteiger partial charge in [0, 0.05) is 5.02 Å². The zero-order valence-electron chi connectivity index (χ0n) is 17.5. The molecule has 1 heterocycles. The SMILES string of the molecule is COC(=O)c1ccc(COc2ccc(C=NNC(=O)Cc3ccc(Cl)cc3)cc2OC)o1. The van der Waals surface area contributed by atoms with Crippen LogP contribution in [0.15, 0.2) is 64.1 Å². The largest absolute Gasteiger partial charge is 0.493 e. The minimum absolute atomic E-state index is 0.0988. The number of ether oxygens (including phenoxy) is 3. The van der Waals surface area contributed by atoms with Crippen molar-refractivity contribution in [2.75, 3.05) is 14.2 Å². The van der Waals surface area contributed by atoms with Crippen molar-refractivity contribution in [2.45, 2.75) is 13.0 Å². The lowest BCUT2D eigenvalue weighted by Gasteiger charge is -2.10. The van der Waals surface area contributed by atoms with Crippen molar-refractivity contribution in [1.29, 1.82) is 0 Å². The zero-order chi connectivity index (χ0) is 22.9. The number of nitrogens with one attached hydrogen (secondary N) is 1. The Kier molecular flexibility index (Phi) is 7.88. The summed E-state index contributed by atoms with van der Waals surface area (Å²) in [7, 11) is 2.79. The molecule has 0 aliphatic heterocycles. The summed E-state index contributed by atoms with van der Waals surface area (Å²) in [5.41, 5.74) is 4.02. The fourth-order valence-electron chi connectivity index (χ4n) is 2.70. The molecule has 0 fully saturated rings. The van der Waals surface area contributed by atoms with Gasteiger partial charge in [-0.15, -0.1) is 0 Å². The van der Waals surface area contributed by atoms with Gasteiger partial charge in [-0.2, -0.15) is 5.10 Å². The molecule has 0 unspecified atom stereocenters. The van der Waals surface area contributed by atoms with Crippen LogP contribution in [0.1, 0.15) is 27.4 Å². The van der Waals surface area contributed by atoms with Crippen LogP contribution < -0.4 is 14.9 Å². The monoisotopic (exact) mass is 456 g/mol. The molecule has 3 rings (SSSR count). The minimum Gasteiger partial charge on any atom is -0.493 e. The first-order chi connectivity index (χ1) is 15.5. The Morgan fingerprint density at radius 1 is 1.06 bits per heavy atom. The predicted molar refractivity (Wildman–Crippen MR) is 118 cm³/mol. The Labute approximate surface area is 189 Å². The number of carbonyl (C=O) groups excluding carboxylic acids is 2. The van der Waals surface area contributed by atoms with Crippen LogP contribution in [0.3, 0.4) is 0 Å². The Morgan fingerprint density at radius 2 is 1.84 bits per heavy atom. The van der Waals surface area contributed by atoms with E-state index in [0.29, 0.717) is 27.8 Å². The molecule has 1 amide bonds. The second-order valence-electron chi connectivity index (χ2n) is 6.55. The van der Waals surface area contributed by atoms with Crippen LogP contribution in [-0.2, 0) is 22.6 Å². The van der Waals surface area contributed by atoms with Crippen LogP contribution in [0.4, 0.5) is 0 Å². The Bertz CT molecular complexity index is 1110. The predicted octanol–water partition coefficient (Wildman–Crippen LogP) is 4.00. The lowest BCUT2D eigenvalue weighted by Crippen LogP contribution is -2.19. The maximum absolute atomic E-state index is 12.0. The molecule has 8 nitrogen and oxygen atoms in total. The molecule has 3 aromatic rings. The van der Waals surface area contributed by atoms with Gasteiger partial charge in [-0.1, -0.05) is 23.7 Å². The number of carbonyl (C=O) groups is 2. The number of hydrogen-bond donors (Lipinski definition) is 1. The van der Waals surface area contributed by atoms with E-state index >= 15 is 0 Å². The first kappa shape index (κ1) is 22.9. The van der Waals surface area contributed by atoms with E-state index in [1.807, 2.05) is 0 Å². The second-order valence-corrected chi connectivity index (χ2v) is 6.99. The molecule has 0 bridgehead atoms. The summed E-state index contributed by atoms with van der Waals surface area (Å²) in [5, 5.41) is 4.59. The Hall–Kier alpha value is -3.78. The summed E-state index contributed by atoms with van der Waals surface area (Å²) in [6, 6.07) is 15.4. The summed E-state index contributed by atoms with van der Waals surface area (Å²) < 4.78 is 21.1. The van der Waals surface area contributed by atoms with Gasteiger partial charge in [0.2, 0.25) is 11.7 Å². The summed E-state index contributed by atoms with van der Waals surface area (Å²) in [4.78, 5) is 23.5. The first-order valence-electron chi connectivity index (χ1n) is 9.52. The molecular weight excluding hydrogens is 436 g/mol. The smallest absolute Gasteiger partial charge is 0.373 e. The number of amides is 1. The van der Waals surface area contributed by atoms with Crippen LogP contribution in [-0.4, -0.2) is 32.3 Å². The zero-order valence-corrected chi connectivity index (χ0v) is 18.2. The van der Waals surface area contributed by atoms with Gasteiger partial charge in [-0.25, -0.2) is 10.2 Å². The number of hydrazone groups is 1. The maximum atomic E-state index is 12.0. The fourth-order valence-corrected chi connectivity index (χ4v) is 2.83. The van der Waals surface area contributed by atoms with Crippen LogP contribution in [0.5, 0.6) is 11.5 Å². The Morgan fingerprint density at radius 3 is 2.56 bits per heavy atom. The molecule has 0 aliphatic rings. The number of halogens is 1. The van der Waals surface area contributed by atoms with E-state index in [9.17, 15) is 9.59 Å². The van der Waals surface area contributed by atoms with E-state index < -0.39 is 5.97 Å². The van der Waals surface area contributed by atoms with E-state index in [1.165, 1.54) is 26.5 Å². The molecule has 9 heteroatoms. The molecular formula is C23H21ClN2O6. The number of methoxy groups -OCH3 is 2. The van der Waals surface area contributed by atoms with E-state index in [1.54, 1.807) is 48.5 Å². The van der Waals surface area contributed by atoms with Crippen molar-refractivity contribution in [1.82, 2.24) is 5.43 Å². The van der Waals surface area contributed by atoms with Gasteiger partial charge in [0.05, 0.1) is 26.9 Å². The van der Waals surface area contributed by atoms with Gasteiger partial charge in [0.15, 0.2) is 11.5 Å². The number of hydrogen-bond acceptors (Lipinski definition) is 7. The highest BCUT2D eigenvalue weighted by Crippen LogP contribution is 2.28. The number of esters is 1. The first-order valence-corrected chi connectivity index (χ1v) is 9.90. The summed E-state index contributed by atoms with van der Waals surface area (Å²) in [6.45, 7) is 0.0988. The third-order valence-corrected chi connectivity index (χ3v) is 4.54. The van der Waals surface area contributed by atoms with Crippen molar-refractivity contribution in [3.8, 4) is 11.5 Å². The molecule has 1 aromatic heterocycles. The van der Waals surface area contributed by atoms with Crippen LogP contribution in [0.2, 0.25) is 5.02 Å². The second kappa shape index (κ2) is 11.0. The highest BCUT2D eigenvalue weighted by atomic mass is 35.5. The molecule has 0 saturated heterocycles. The van der Waals surface area contributed by atoms with E-state index in [-0.39, 0.29) is 24.7 Å². The van der Waals surface area contributed by atoms with E-state index in [0.717, 1.165) is 5.56 Å². The van der Waals surface area contributed by atoms with Gasteiger partial charge < -0.3 is 18.6 Å². The quantitative estimate of drug-likeness (QED) is 0.297. The molecule has 0 aliphatic carbocycles. The van der Waals surface area contributed by atoms with Crippen LogP contribution >= 0.6 is 11.6 Å². The third-order valence-electron chi connectivity index (χ3n) is 4.29. The molecule has 2 aromatic carbocycles. The topological polar surface area (TPSA) is 99.4 Å². The van der Waals surface area contributed by atoms with Crippen molar-refractivity contribution >= 4 is 29.7 Å². The fraction of sp³-hybridized carbons (Fsp3) is 0.174. The van der Waals surface area contributed by atoms with Crippen molar-refractivity contribution in [2.24, 2.45) is 5.10 Å². The summed E-state index contributed by atoms with van der Waals surface area (Å²) in [5.74, 6) is 0.704. The molecule has 0 radical (unpaired) electrons. The molecule has 166 valence electrons. The van der Waals surface area contributed by atoms with Gasteiger partial charge in [-0.3, -0.25) is 4.79 Å². The molecule has 0 atom stereocenters. The average Bonchev–Trinajstić information content (AvgIpc) is 3.28. The normalized spacial score (nSPS) is 10.7. The standard InChI is InChI=1S/C23H21ClN2O6/c1-29-21-11-16(13-25-26-22(27)12-15-3-6-17(24)7-4-15)5-9-19(21)31-14-18-8-10-20(32-18)23(28)30-2/h3-11,13H,12,14H2,1-2H3,(H,26,27). The van der Waals surface area contributed by atoms with Crippen molar-refractivity contribution < 1.29 is 28.2 Å². The Balaban J connectivity index is 1.55. The number of nitrogens with zero attached hydrogens (tertiary/aromatic N) is 1. The summed E-state index contributed by atoms with van der Waals surface area (Å²) in [6.07, 6.45) is 1.69. The average molecular weight is 457 g/mol. The minimum atomic E-state index is -0.558. The molecule has 32 heavy (non-hydrogen) atoms. The van der Waals surface area contributed by atoms with E-state index in [2.05, 4.69) is 15.3 Å². The lowest BCUT2D eigenvalue weighted by atomic mass is 10.1. The maximum Gasteiger partial charge on any atom is 0.373 e. The molecule has 0 saturated carbocycles. The number of rotatable bonds is 9. The lowest BCUT2D eigenvalue weighted by molar-refractivity contribution is -0.120. The van der Waals surface area contributed by atoms with Crippen molar-refractivity contribution in [3.05, 3.63) is 82.3 Å². The van der Waals surface area contributed by atoms with Crippen molar-refractivity contribution in [3.63, 3.8) is 0 Å². The van der Waals surface area contributed by atoms with Crippen LogP contribution in [0, 0.1) is 0 Å². The number of benzene rings is 2. The highest BCUT2D eigenvalue weighted by molar-refractivity contribution is 6.30. The van der Waals surface area contributed by atoms with Gasteiger partial charge in [0.25, 0.3) is 0 Å². The molecule has 1 N–H and O–H groups in total. The van der Waals surface area contributed by atoms with E-state index in [4.69, 9.17) is 25.5 Å². The van der Waals surface area contributed by atoms with Crippen LogP contribution in [0.25, 0.3) is 0 Å². The third kappa shape index (κ3) is 6.36. The summed E-state index contributed by atoms with van der Waals surface area (Å²) >= 11 is 5.84. The van der Waals surface area contributed by atoms with Gasteiger partial charge in [-0.05, 0) is 53.6 Å². The number of furan rings is 1. The van der Waals surface area contributed by atoms with Gasteiger partial charge >= 0.3 is 5.97 Å². The highest BCUT2D eigenvalue weighted by Gasteiger charge is 2.12. The van der Waals surface area contributed by atoms with Gasteiger partial charge in [0.1, 0.15) is 12.4 Å².